The maximum absolute atomic E-state index is 13.3. The van der Waals surface area contributed by atoms with Gasteiger partial charge in [-0.2, -0.15) is 10.4 Å². The molecule has 3 nitrogen and oxygen atoms in total. The molecule has 3 aromatic rings. The molecule has 0 amide bonds. The molecule has 1 heterocycles. The zero-order valence-corrected chi connectivity index (χ0v) is 14.7. The molecule has 0 fully saturated rings. The normalized spacial score (nSPS) is 17.3. The number of nitrogens with zero attached hydrogens (tertiary/aromatic N) is 3. The number of halogens is 1. The van der Waals surface area contributed by atoms with Gasteiger partial charge in [-0.25, -0.2) is 4.39 Å². The average molecular weight is 355 g/mol. The van der Waals surface area contributed by atoms with Crippen LogP contribution in [0, 0.1) is 17.1 Å². The van der Waals surface area contributed by atoms with Crippen LogP contribution < -0.4 is 0 Å². The Morgan fingerprint density at radius 3 is 2.19 bits per heavy atom. The first-order valence-corrected chi connectivity index (χ1v) is 8.87. The van der Waals surface area contributed by atoms with Crippen LogP contribution in [-0.4, -0.2) is 10.7 Å². The molecule has 0 spiro atoms. The van der Waals surface area contributed by atoms with Crippen LogP contribution in [-0.2, 0) is 0 Å². The van der Waals surface area contributed by atoms with Crippen LogP contribution in [0.5, 0.6) is 0 Å². The van der Waals surface area contributed by atoms with Crippen molar-refractivity contribution >= 4 is 5.71 Å². The van der Waals surface area contributed by atoms with Crippen molar-refractivity contribution in [2.24, 2.45) is 5.10 Å². The van der Waals surface area contributed by atoms with Gasteiger partial charge in [0.25, 0.3) is 0 Å². The van der Waals surface area contributed by atoms with Gasteiger partial charge < -0.3 is 0 Å². The van der Waals surface area contributed by atoms with Crippen molar-refractivity contribution in [3.05, 3.63) is 107 Å². The Morgan fingerprint density at radius 2 is 1.56 bits per heavy atom. The molecule has 0 N–H and O–H groups in total. The highest BCUT2D eigenvalue weighted by Gasteiger charge is 2.34. The van der Waals surface area contributed by atoms with Gasteiger partial charge in [0.1, 0.15) is 5.82 Å². The molecule has 1 aliphatic heterocycles. The van der Waals surface area contributed by atoms with Gasteiger partial charge in [0.05, 0.1) is 17.8 Å². The number of hydrazone groups is 1. The molecule has 0 aliphatic carbocycles. The SMILES string of the molecule is N#C[C@H](c1ccc(F)cc1)N1N=C(c2ccccc2)C[C@@H]1c1ccccc1. The third-order valence-electron chi connectivity index (χ3n) is 4.81. The van der Waals surface area contributed by atoms with E-state index in [-0.39, 0.29) is 11.9 Å². The topological polar surface area (TPSA) is 39.4 Å². The fourth-order valence-corrected chi connectivity index (χ4v) is 3.45. The lowest BCUT2D eigenvalue weighted by Gasteiger charge is -2.28. The van der Waals surface area contributed by atoms with Gasteiger partial charge >= 0.3 is 0 Å². The summed E-state index contributed by atoms with van der Waals surface area (Å²) >= 11 is 0. The Hall–Kier alpha value is -3.45. The second-order valence-corrected chi connectivity index (χ2v) is 6.51. The molecule has 1 aliphatic rings. The zero-order chi connectivity index (χ0) is 18.6. The summed E-state index contributed by atoms with van der Waals surface area (Å²) in [6, 6.07) is 27.9. The Balaban J connectivity index is 1.76. The third kappa shape index (κ3) is 3.45. The Labute approximate surface area is 158 Å². The molecule has 0 aromatic heterocycles. The quantitative estimate of drug-likeness (QED) is 0.642. The first-order valence-electron chi connectivity index (χ1n) is 8.87. The highest BCUT2D eigenvalue weighted by molar-refractivity contribution is 6.01. The van der Waals surface area contributed by atoms with Crippen molar-refractivity contribution in [2.45, 2.75) is 18.5 Å². The maximum Gasteiger partial charge on any atom is 0.159 e. The smallest absolute Gasteiger partial charge is 0.159 e. The van der Waals surface area contributed by atoms with Gasteiger partial charge in [-0.05, 0) is 28.8 Å². The molecule has 4 rings (SSSR count). The number of hydrogen-bond donors (Lipinski definition) is 0. The monoisotopic (exact) mass is 355 g/mol. The van der Waals surface area contributed by atoms with E-state index in [0.29, 0.717) is 6.42 Å². The van der Waals surface area contributed by atoms with Crippen LogP contribution in [0.1, 0.15) is 35.2 Å². The Kier molecular flexibility index (Phi) is 4.67. The standard InChI is InChI=1S/C23H18FN3/c24-20-13-11-19(12-14-20)23(16-25)27-22(18-9-5-2-6-10-18)15-21(26-27)17-7-3-1-4-8-17/h1-14,22-23H,15H2/t22-,23-/m1/s1. The largest absolute Gasteiger partial charge is 0.267 e. The van der Waals surface area contributed by atoms with E-state index >= 15 is 0 Å². The molecule has 3 aromatic carbocycles. The average Bonchev–Trinajstić information content (AvgIpc) is 3.16. The second kappa shape index (κ2) is 7.43. The summed E-state index contributed by atoms with van der Waals surface area (Å²) in [5, 5.41) is 16.5. The molecule has 0 bridgehead atoms. The van der Waals surface area contributed by atoms with E-state index in [0.717, 1.165) is 22.4 Å². The number of hydrogen-bond acceptors (Lipinski definition) is 3. The maximum atomic E-state index is 13.3. The van der Waals surface area contributed by atoms with Gasteiger partial charge in [0.15, 0.2) is 6.04 Å². The second-order valence-electron chi connectivity index (χ2n) is 6.51. The lowest BCUT2D eigenvalue weighted by molar-refractivity contribution is 0.196. The molecule has 0 unspecified atom stereocenters. The molecule has 132 valence electrons. The molecule has 0 saturated carbocycles. The first-order chi connectivity index (χ1) is 13.3. The fraction of sp³-hybridized carbons (Fsp3) is 0.130. The van der Waals surface area contributed by atoms with Crippen LogP contribution in [0.15, 0.2) is 90.0 Å². The summed E-state index contributed by atoms with van der Waals surface area (Å²) in [7, 11) is 0. The van der Waals surface area contributed by atoms with Gasteiger partial charge in [0.2, 0.25) is 0 Å². The number of nitriles is 1. The van der Waals surface area contributed by atoms with Gasteiger partial charge in [-0.15, -0.1) is 0 Å². The predicted octanol–water partition coefficient (Wildman–Crippen LogP) is 5.24. The minimum Gasteiger partial charge on any atom is -0.267 e. The van der Waals surface area contributed by atoms with Crippen LogP contribution in [0.4, 0.5) is 4.39 Å². The van der Waals surface area contributed by atoms with Crippen molar-refractivity contribution in [2.75, 3.05) is 0 Å². The van der Waals surface area contributed by atoms with Crippen molar-refractivity contribution in [1.82, 2.24) is 5.01 Å². The molecule has 27 heavy (non-hydrogen) atoms. The van der Waals surface area contributed by atoms with Gasteiger partial charge in [0, 0.05) is 6.42 Å². The van der Waals surface area contributed by atoms with Crippen LogP contribution in [0.2, 0.25) is 0 Å². The lowest BCUT2D eigenvalue weighted by Crippen LogP contribution is -2.24. The minimum absolute atomic E-state index is 0.0453. The van der Waals surface area contributed by atoms with E-state index in [1.54, 1.807) is 12.1 Å². The highest BCUT2D eigenvalue weighted by atomic mass is 19.1. The van der Waals surface area contributed by atoms with Gasteiger partial charge in [-0.3, -0.25) is 5.01 Å². The first kappa shape index (κ1) is 17.0. The number of rotatable bonds is 4. The minimum atomic E-state index is -0.586. The summed E-state index contributed by atoms with van der Waals surface area (Å²) in [4.78, 5) is 0. The highest BCUT2D eigenvalue weighted by Crippen LogP contribution is 2.38. The predicted molar refractivity (Wildman–Crippen MR) is 103 cm³/mol. The van der Waals surface area contributed by atoms with E-state index in [9.17, 15) is 9.65 Å². The summed E-state index contributed by atoms with van der Waals surface area (Å²) < 4.78 is 13.3. The van der Waals surface area contributed by atoms with Crippen LogP contribution in [0.3, 0.4) is 0 Å². The summed E-state index contributed by atoms with van der Waals surface area (Å²) in [5.41, 5.74) is 3.84. The van der Waals surface area contributed by atoms with Crippen molar-refractivity contribution in [3.8, 4) is 6.07 Å². The molecular weight excluding hydrogens is 337 g/mol. The summed E-state index contributed by atoms with van der Waals surface area (Å²) in [6.07, 6.45) is 0.716. The summed E-state index contributed by atoms with van der Waals surface area (Å²) in [5.74, 6) is -0.315. The molecule has 4 heteroatoms. The third-order valence-corrected chi connectivity index (χ3v) is 4.81. The molecule has 2 atom stereocenters. The number of benzene rings is 3. The van der Waals surface area contributed by atoms with Crippen molar-refractivity contribution in [1.29, 1.82) is 5.26 Å². The Bertz CT molecular complexity index is 976. The van der Waals surface area contributed by atoms with E-state index in [1.807, 2.05) is 53.5 Å². The summed E-state index contributed by atoms with van der Waals surface area (Å²) in [6.45, 7) is 0. The fourth-order valence-electron chi connectivity index (χ4n) is 3.45. The van der Waals surface area contributed by atoms with E-state index in [1.165, 1.54) is 12.1 Å². The zero-order valence-electron chi connectivity index (χ0n) is 14.7. The molecule has 0 saturated heterocycles. The van der Waals surface area contributed by atoms with E-state index in [2.05, 4.69) is 18.2 Å². The van der Waals surface area contributed by atoms with Crippen molar-refractivity contribution < 1.29 is 4.39 Å². The van der Waals surface area contributed by atoms with Crippen LogP contribution >= 0.6 is 0 Å². The van der Waals surface area contributed by atoms with Gasteiger partial charge in [-0.1, -0.05) is 72.8 Å². The lowest BCUT2D eigenvalue weighted by atomic mass is 9.97. The Morgan fingerprint density at radius 1 is 0.926 bits per heavy atom. The van der Waals surface area contributed by atoms with Crippen LogP contribution in [0.25, 0.3) is 0 Å². The van der Waals surface area contributed by atoms with Crippen molar-refractivity contribution in [3.63, 3.8) is 0 Å². The van der Waals surface area contributed by atoms with E-state index in [4.69, 9.17) is 5.10 Å². The van der Waals surface area contributed by atoms with E-state index < -0.39 is 6.04 Å². The molecular formula is C23H18FN3. The molecule has 0 radical (unpaired) electrons.